The molecular formula is C15H26N2O. The van der Waals surface area contributed by atoms with Gasteiger partial charge in [-0.15, -0.1) is 0 Å². The van der Waals surface area contributed by atoms with Gasteiger partial charge in [-0.25, -0.2) is 0 Å². The van der Waals surface area contributed by atoms with Crippen LogP contribution in [0.4, 0.5) is 0 Å². The molecule has 1 saturated carbocycles. The highest BCUT2D eigenvalue weighted by atomic mass is 16.3. The monoisotopic (exact) mass is 250 g/mol. The fraction of sp³-hybridized carbons (Fsp3) is 0.800. The molecule has 0 aromatic carbocycles. The van der Waals surface area contributed by atoms with Crippen LogP contribution in [0, 0.1) is 11.8 Å². The Morgan fingerprint density at radius 1 is 1.50 bits per heavy atom. The van der Waals surface area contributed by atoms with Crippen molar-refractivity contribution >= 4 is 0 Å². The summed E-state index contributed by atoms with van der Waals surface area (Å²) in [5.74, 6) is 0.964. The third-order valence-electron chi connectivity index (χ3n) is 4.65. The van der Waals surface area contributed by atoms with Crippen LogP contribution in [-0.4, -0.2) is 20.5 Å². The van der Waals surface area contributed by atoms with E-state index in [1.807, 2.05) is 16.9 Å². The predicted octanol–water partition coefficient (Wildman–Crippen LogP) is 3.19. The van der Waals surface area contributed by atoms with Crippen LogP contribution < -0.4 is 0 Å². The first-order valence-electron chi connectivity index (χ1n) is 7.19. The van der Waals surface area contributed by atoms with Crippen molar-refractivity contribution in [1.82, 2.24) is 9.78 Å². The lowest BCUT2D eigenvalue weighted by Gasteiger charge is -2.41. The number of rotatable bonds is 3. The first-order valence-corrected chi connectivity index (χ1v) is 7.19. The molecule has 1 aromatic heterocycles. The molecule has 1 fully saturated rings. The number of hydrogen-bond donors (Lipinski definition) is 1. The normalized spacial score (nSPS) is 33.0. The van der Waals surface area contributed by atoms with Crippen LogP contribution in [0.2, 0.25) is 0 Å². The van der Waals surface area contributed by atoms with E-state index in [2.05, 4.69) is 32.8 Å². The number of hydrogen-bond acceptors (Lipinski definition) is 2. The summed E-state index contributed by atoms with van der Waals surface area (Å²) in [6.45, 7) is 8.68. The maximum Gasteiger partial charge on any atom is 0.0731 e. The van der Waals surface area contributed by atoms with E-state index in [-0.39, 0.29) is 0 Å². The lowest BCUT2D eigenvalue weighted by Crippen LogP contribution is -2.44. The molecule has 1 N–H and O–H groups in total. The van der Waals surface area contributed by atoms with Crippen molar-refractivity contribution < 1.29 is 5.11 Å². The van der Waals surface area contributed by atoms with Crippen molar-refractivity contribution in [3.05, 3.63) is 18.0 Å². The minimum atomic E-state index is -0.562. The van der Waals surface area contributed by atoms with Crippen molar-refractivity contribution in [2.75, 3.05) is 0 Å². The molecule has 0 bridgehead atoms. The van der Waals surface area contributed by atoms with Gasteiger partial charge in [0, 0.05) is 18.7 Å². The zero-order chi connectivity index (χ0) is 13.3. The van der Waals surface area contributed by atoms with Gasteiger partial charge in [-0.05, 0) is 38.2 Å². The summed E-state index contributed by atoms with van der Waals surface area (Å²) in [7, 11) is 0. The molecule has 3 nitrogen and oxygen atoms in total. The maximum atomic E-state index is 10.9. The van der Waals surface area contributed by atoms with E-state index >= 15 is 0 Å². The van der Waals surface area contributed by atoms with Gasteiger partial charge in [-0.2, -0.15) is 5.10 Å². The fourth-order valence-electron chi connectivity index (χ4n) is 3.06. The first kappa shape index (κ1) is 13.6. The molecule has 1 aliphatic rings. The average molecular weight is 250 g/mol. The lowest BCUT2D eigenvalue weighted by atomic mass is 9.69. The standard InChI is InChI=1S/C15H26N2O/c1-11(2)17-9-7-14(16-17)10-15(18)8-5-6-12(3)13(15)4/h7,9,11-13,18H,5-6,8,10H2,1-4H3. The third kappa shape index (κ3) is 2.61. The Hall–Kier alpha value is -0.830. The first-order chi connectivity index (χ1) is 8.42. The topological polar surface area (TPSA) is 38.0 Å². The molecule has 0 amide bonds. The predicted molar refractivity (Wildman–Crippen MR) is 73.4 cm³/mol. The van der Waals surface area contributed by atoms with Crippen molar-refractivity contribution in [1.29, 1.82) is 0 Å². The van der Waals surface area contributed by atoms with Gasteiger partial charge in [-0.3, -0.25) is 4.68 Å². The van der Waals surface area contributed by atoms with Gasteiger partial charge in [-0.1, -0.05) is 26.7 Å². The summed E-state index contributed by atoms with van der Waals surface area (Å²) < 4.78 is 1.97. The summed E-state index contributed by atoms with van der Waals surface area (Å²) in [4.78, 5) is 0. The maximum absolute atomic E-state index is 10.9. The smallest absolute Gasteiger partial charge is 0.0731 e. The van der Waals surface area contributed by atoms with Gasteiger partial charge in [0.2, 0.25) is 0 Å². The minimum absolute atomic E-state index is 0.357. The summed E-state index contributed by atoms with van der Waals surface area (Å²) in [6, 6.07) is 2.43. The highest BCUT2D eigenvalue weighted by Crippen LogP contribution is 2.39. The molecule has 102 valence electrons. The Morgan fingerprint density at radius 3 is 2.83 bits per heavy atom. The van der Waals surface area contributed by atoms with E-state index in [1.54, 1.807) is 0 Å². The molecule has 2 rings (SSSR count). The molecule has 0 radical (unpaired) electrons. The molecule has 1 aliphatic carbocycles. The van der Waals surface area contributed by atoms with E-state index in [4.69, 9.17) is 0 Å². The summed E-state index contributed by atoms with van der Waals surface area (Å²) in [6.07, 6.45) is 5.99. The van der Waals surface area contributed by atoms with Gasteiger partial charge in [0.25, 0.3) is 0 Å². The molecule has 0 spiro atoms. The molecule has 3 heteroatoms. The Bertz CT molecular complexity index is 399. The second kappa shape index (κ2) is 5.04. The van der Waals surface area contributed by atoms with Crippen LogP contribution in [0.1, 0.15) is 58.7 Å². The van der Waals surface area contributed by atoms with Crippen LogP contribution in [0.25, 0.3) is 0 Å². The quantitative estimate of drug-likeness (QED) is 0.894. The van der Waals surface area contributed by atoms with Gasteiger partial charge in [0.05, 0.1) is 11.3 Å². The average Bonchev–Trinajstić information content (AvgIpc) is 2.74. The van der Waals surface area contributed by atoms with E-state index < -0.39 is 5.60 Å². The van der Waals surface area contributed by atoms with Crippen LogP contribution in [0.5, 0.6) is 0 Å². The van der Waals surface area contributed by atoms with Crippen molar-refractivity contribution in [3.63, 3.8) is 0 Å². The molecule has 18 heavy (non-hydrogen) atoms. The second-order valence-corrected chi connectivity index (χ2v) is 6.32. The van der Waals surface area contributed by atoms with Gasteiger partial charge in [0.1, 0.15) is 0 Å². The fourth-order valence-corrected chi connectivity index (χ4v) is 3.06. The van der Waals surface area contributed by atoms with E-state index in [0.717, 1.165) is 18.5 Å². The van der Waals surface area contributed by atoms with E-state index in [0.29, 0.717) is 24.3 Å². The molecule has 1 aromatic rings. The summed E-state index contributed by atoms with van der Waals surface area (Å²) >= 11 is 0. The summed E-state index contributed by atoms with van der Waals surface area (Å²) in [5.41, 5.74) is 0.459. The van der Waals surface area contributed by atoms with Crippen LogP contribution >= 0.6 is 0 Å². The van der Waals surface area contributed by atoms with Crippen LogP contribution in [0.3, 0.4) is 0 Å². The molecule has 1 heterocycles. The zero-order valence-electron chi connectivity index (χ0n) is 12.1. The van der Waals surface area contributed by atoms with Crippen molar-refractivity contribution in [2.24, 2.45) is 11.8 Å². The molecule has 0 saturated heterocycles. The highest BCUT2D eigenvalue weighted by molar-refractivity contribution is 5.07. The molecular weight excluding hydrogens is 224 g/mol. The van der Waals surface area contributed by atoms with E-state index in [1.165, 1.54) is 6.42 Å². The number of aromatic nitrogens is 2. The number of aliphatic hydroxyl groups is 1. The Balaban J connectivity index is 2.11. The second-order valence-electron chi connectivity index (χ2n) is 6.32. The molecule has 3 atom stereocenters. The Kier molecular flexibility index (Phi) is 3.81. The zero-order valence-corrected chi connectivity index (χ0v) is 12.1. The summed E-state index contributed by atoms with van der Waals surface area (Å²) in [5, 5.41) is 15.4. The molecule has 3 unspecified atom stereocenters. The minimum Gasteiger partial charge on any atom is -0.389 e. The SMILES string of the molecule is CC1CCCC(O)(Cc2ccn(C(C)C)n2)C1C. The largest absolute Gasteiger partial charge is 0.389 e. The molecule has 0 aliphatic heterocycles. The number of nitrogens with zero attached hydrogens (tertiary/aromatic N) is 2. The lowest BCUT2D eigenvalue weighted by molar-refractivity contribution is -0.0628. The highest BCUT2D eigenvalue weighted by Gasteiger charge is 2.40. The van der Waals surface area contributed by atoms with Crippen molar-refractivity contribution in [2.45, 2.75) is 65.0 Å². The van der Waals surface area contributed by atoms with Gasteiger partial charge >= 0.3 is 0 Å². The van der Waals surface area contributed by atoms with Crippen LogP contribution in [0.15, 0.2) is 12.3 Å². The Morgan fingerprint density at radius 2 is 2.22 bits per heavy atom. The van der Waals surface area contributed by atoms with Crippen molar-refractivity contribution in [3.8, 4) is 0 Å². The van der Waals surface area contributed by atoms with E-state index in [9.17, 15) is 5.11 Å². The Labute approximate surface area is 110 Å². The van der Waals surface area contributed by atoms with Gasteiger partial charge < -0.3 is 5.11 Å². The van der Waals surface area contributed by atoms with Gasteiger partial charge in [0.15, 0.2) is 0 Å². The van der Waals surface area contributed by atoms with Crippen LogP contribution in [-0.2, 0) is 6.42 Å². The third-order valence-corrected chi connectivity index (χ3v) is 4.65.